The Bertz CT molecular complexity index is 247. The van der Waals surface area contributed by atoms with E-state index in [0.29, 0.717) is 18.6 Å². The van der Waals surface area contributed by atoms with Crippen molar-refractivity contribution in [3.8, 4) is 0 Å². The third-order valence-electron chi connectivity index (χ3n) is 1.83. The van der Waals surface area contributed by atoms with Crippen LogP contribution in [0.15, 0.2) is 5.16 Å². The van der Waals surface area contributed by atoms with E-state index in [4.69, 9.17) is 9.94 Å². The molecule has 0 radical (unpaired) electrons. The van der Waals surface area contributed by atoms with Gasteiger partial charge in [-0.05, 0) is 20.8 Å². The number of nitrogens with zero attached hydrogens (tertiary/aromatic N) is 1. The fourth-order valence-electron chi connectivity index (χ4n) is 1.17. The molecule has 0 aromatic rings. The van der Waals surface area contributed by atoms with Crippen LogP contribution in [0, 0.1) is 0 Å². The Morgan fingerprint density at radius 3 is 2.57 bits per heavy atom. The summed E-state index contributed by atoms with van der Waals surface area (Å²) in [5, 5.41) is 14.1. The predicted octanol–water partition coefficient (Wildman–Crippen LogP) is 1.50. The summed E-state index contributed by atoms with van der Waals surface area (Å²) in [6.45, 7) is 5.44. The van der Waals surface area contributed by atoms with Crippen molar-refractivity contribution in [2.45, 2.75) is 45.3 Å². The molecule has 0 spiro atoms. The van der Waals surface area contributed by atoms with E-state index >= 15 is 0 Å². The Morgan fingerprint density at radius 2 is 2.14 bits per heavy atom. The quantitative estimate of drug-likeness (QED) is 0.497. The molecule has 0 aromatic carbocycles. The summed E-state index contributed by atoms with van der Waals surface area (Å²) in [6, 6.07) is 0.0516. The second-order valence-electron chi connectivity index (χ2n) is 4.42. The van der Waals surface area contributed by atoms with Crippen molar-refractivity contribution in [1.82, 2.24) is 5.32 Å². The topological polar surface area (TPSA) is 70.9 Å². The highest BCUT2D eigenvalue weighted by Gasteiger charge is 2.28. The third kappa shape index (κ3) is 3.24. The van der Waals surface area contributed by atoms with Gasteiger partial charge in [0.15, 0.2) is 0 Å². The van der Waals surface area contributed by atoms with E-state index in [2.05, 4.69) is 10.5 Å². The second kappa shape index (κ2) is 3.86. The number of hydrogen-bond acceptors (Lipinski definition) is 4. The van der Waals surface area contributed by atoms with Gasteiger partial charge in [-0.2, -0.15) is 0 Å². The zero-order valence-electron chi connectivity index (χ0n) is 8.70. The van der Waals surface area contributed by atoms with Gasteiger partial charge in [0.25, 0.3) is 0 Å². The molecule has 1 amide bonds. The number of rotatable bonds is 1. The first-order valence-electron chi connectivity index (χ1n) is 4.60. The number of hydrogen-bond donors (Lipinski definition) is 2. The maximum absolute atomic E-state index is 11.2. The second-order valence-corrected chi connectivity index (χ2v) is 4.42. The molecule has 14 heavy (non-hydrogen) atoms. The highest BCUT2D eigenvalue weighted by Crippen LogP contribution is 2.16. The molecule has 1 fully saturated rings. The van der Waals surface area contributed by atoms with Gasteiger partial charge in [0.1, 0.15) is 5.60 Å². The van der Waals surface area contributed by atoms with Crippen LogP contribution in [0.4, 0.5) is 4.79 Å². The van der Waals surface area contributed by atoms with Gasteiger partial charge in [0, 0.05) is 18.9 Å². The van der Waals surface area contributed by atoms with Gasteiger partial charge in [-0.1, -0.05) is 5.16 Å². The molecule has 0 aromatic heterocycles. The Labute approximate surface area is 83.1 Å². The van der Waals surface area contributed by atoms with E-state index < -0.39 is 11.7 Å². The van der Waals surface area contributed by atoms with Crippen LogP contribution in [0.25, 0.3) is 0 Å². The van der Waals surface area contributed by atoms with Gasteiger partial charge in [0.05, 0.1) is 5.71 Å². The van der Waals surface area contributed by atoms with Gasteiger partial charge in [-0.3, -0.25) is 0 Å². The van der Waals surface area contributed by atoms with Crippen molar-refractivity contribution in [1.29, 1.82) is 0 Å². The first-order chi connectivity index (χ1) is 6.40. The summed E-state index contributed by atoms with van der Waals surface area (Å²) in [5.41, 5.74) is 0.243. The van der Waals surface area contributed by atoms with Crippen molar-refractivity contribution < 1.29 is 14.7 Å². The van der Waals surface area contributed by atoms with E-state index in [9.17, 15) is 4.79 Å². The van der Waals surface area contributed by atoms with E-state index in [1.54, 1.807) is 0 Å². The van der Waals surface area contributed by atoms with Gasteiger partial charge >= 0.3 is 6.09 Å². The van der Waals surface area contributed by atoms with Crippen LogP contribution in [0.5, 0.6) is 0 Å². The molecule has 0 saturated heterocycles. The van der Waals surface area contributed by atoms with E-state index in [1.165, 1.54) is 0 Å². The average molecular weight is 200 g/mol. The lowest BCUT2D eigenvalue weighted by molar-refractivity contribution is 0.0500. The van der Waals surface area contributed by atoms with Crippen molar-refractivity contribution in [3.63, 3.8) is 0 Å². The highest BCUT2D eigenvalue weighted by atomic mass is 16.6. The number of nitrogens with one attached hydrogen (secondary N) is 1. The molecule has 0 heterocycles. The predicted molar refractivity (Wildman–Crippen MR) is 51.6 cm³/mol. The Morgan fingerprint density at radius 1 is 1.57 bits per heavy atom. The minimum absolute atomic E-state index is 0.0516. The number of ether oxygens (including phenoxy) is 1. The molecule has 5 nitrogen and oxygen atoms in total. The van der Waals surface area contributed by atoms with Crippen LogP contribution < -0.4 is 5.32 Å². The molecular formula is C9H16N2O3. The average Bonchev–Trinajstić information content (AvgIpc) is 1.91. The molecule has 0 aliphatic heterocycles. The number of carbonyl (C=O) groups excluding carboxylic acids is 1. The first kappa shape index (κ1) is 10.8. The molecule has 0 atom stereocenters. The molecule has 0 bridgehead atoms. The number of amides is 1. The minimum atomic E-state index is -0.471. The largest absolute Gasteiger partial charge is 0.444 e. The Kier molecular flexibility index (Phi) is 2.98. The van der Waals surface area contributed by atoms with Gasteiger partial charge in [-0.25, -0.2) is 4.79 Å². The molecule has 1 saturated carbocycles. The minimum Gasteiger partial charge on any atom is -0.444 e. The third-order valence-corrected chi connectivity index (χ3v) is 1.83. The smallest absolute Gasteiger partial charge is 0.407 e. The fraction of sp³-hybridized carbons (Fsp3) is 0.778. The standard InChI is InChI=1S/C9H16N2O3/c1-9(2,3)14-8(12)10-6-4-7(5-6)11-13/h6,13H,4-5H2,1-3H3,(H,10,12). The summed E-state index contributed by atoms with van der Waals surface area (Å²) in [7, 11) is 0. The highest BCUT2D eigenvalue weighted by molar-refractivity contribution is 5.91. The summed E-state index contributed by atoms with van der Waals surface area (Å²) in [5.74, 6) is 0. The molecule has 80 valence electrons. The van der Waals surface area contributed by atoms with Crippen molar-refractivity contribution >= 4 is 11.8 Å². The van der Waals surface area contributed by atoms with Gasteiger partial charge in [-0.15, -0.1) is 0 Å². The zero-order valence-corrected chi connectivity index (χ0v) is 8.70. The molecule has 1 aliphatic rings. The van der Waals surface area contributed by atoms with Crippen LogP contribution in [-0.2, 0) is 4.74 Å². The van der Waals surface area contributed by atoms with E-state index in [-0.39, 0.29) is 6.04 Å². The molecule has 5 heteroatoms. The zero-order chi connectivity index (χ0) is 10.8. The lowest BCUT2D eigenvalue weighted by Crippen LogP contribution is -2.46. The van der Waals surface area contributed by atoms with Gasteiger partial charge in [0.2, 0.25) is 0 Å². The van der Waals surface area contributed by atoms with Crippen LogP contribution in [0.1, 0.15) is 33.6 Å². The SMILES string of the molecule is CC(C)(C)OC(=O)NC1CC(=NO)C1. The van der Waals surface area contributed by atoms with Crippen LogP contribution in [0.3, 0.4) is 0 Å². The summed E-state index contributed by atoms with van der Waals surface area (Å²) in [4.78, 5) is 11.2. The van der Waals surface area contributed by atoms with Crippen LogP contribution in [0.2, 0.25) is 0 Å². The Hall–Kier alpha value is -1.26. The molecule has 0 unspecified atom stereocenters. The molecular weight excluding hydrogens is 184 g/mol. The lowest BCUT2D eigenvalue weighted by atomic mass is 9.91. The summed E-state index contributed by atoms with van der Waals surface area (Å²) in [6.07, 6.45) is 0.797. The monoisotopic (exact) mass is 200 g/mol. The number of oxime groups is 1. The van der Waals surface area contributed by atoms with Crippen LogP contribution in [-0.4, -0.2) is 28.7 Å². The molecule has 1 rings (SSSR count). The van der Waals surface area contributed by atoms with E-state index in [0.717, 1.165) is 0 Å². The normalized spacial score (nSPS) is 21.1. The lowest BCUT2D eigenvalue weighted by Gasteiger charge is -2.29. The Balaban J connectivity index is 2.23. The maximum atomic E-state index is 11.2. The fourth-order valence-corrected chi connectivity index (χ4v) is 1.17. The van der Waals surface area contributed by atoms with Crippen LogP contribution >= 0.6 is 0 Å². The number of carbonyl (C=O) groups is 1. The summed E-state index contributed by atoms with van der Waals surface area (Å²) >= 11 is 0. The van der Waals surface area contributed by atoms with E-state index in [1.807, 2.05) is 20.8 Å². The molecule has 1 aliphatic carbocycles. The van der Waals surface area contributed by atoms with Crippen molar-refractivity contribution in [2.75, 3.05) is 0 Å². The maximum Gasteiger partial charge on any atom is 0.407 e. The van der Waals surface area contributed by atoms with Gasteiger partial charge < -0.3 is 15.3 Å². The summed E-state index contributed by atoms with van der Waals surface area (Å²) < 4.78 is 5.06. The first-order valence-corrected chi connectivity index (χ1v) is 4.60. The number of alkyl carbamates (subject to hydrolysis) is 1. The molecule has 2 N–H and O–H groups in total. The van der Waals surface area contributed by atoms with Crippen molar-refractivity contribution in [2.24, 2.45) is 5.16 Å². The van der Waals surface area contributed by atoms with Crippen molar-refractivity contribution in [3.05, 3.63) is 0 Å².